The second-order valence-corrected chi connectivity index (χ2v) is 8.66. The van der Waals surface area contributed by atoms with Gasteiger partial charge in [-0.05, 0) is 29.3 Å². The van der Waals surface area contributed by atoms with Gasteiger partial charge in [0.1, 0.15) is 12.4 Å². The van der Waals surface area contributed by atoms with E-state index in [1.807, 2.05) is 66.9 Å². The Hall–Kier alpha value is -3.69. The van der Waals surface area contributed by atoms with Crippen LogP contribution in [0, 0.1) is 0 Å². The Bertz CT molecular complexity index is 1230. The van der Waals surface area contributed by atoms with Crippen LogP contribution in [-0.4, -0.2) is 38.5 Å². The number of aliphatic imine (C=N–C) groups is 1. The topological polar surface area (TPSA) is 88.7 Å². The number of nitrogens with zero attached hydrogens (tertiary/aromatic N) is 5. The molecule has 2 aromatic heterocycles. The molecule has 34 heavy (non-hydrogen) atoms. The number of hydrogen-bond donors (Lipinski definition) is 1. The lowest BCUT2D eigenvalue weighted by atomic mass is 10.2. The number of nitrogens with one attached hydrogen (secondary N) is 1. The molecule has 0 atom stereocenters. The van der Waals surface area contributed by atoms with Crippen LogP contribution in [0.15, 0.2) is 88.6 Å². The molecule has 5 rings (SSSR count). The first-order chi connectivity index (χ1) is 16.8. The summed E-state index contributed by atoms with van der Waals surface area (Å²) in [5.41, 5.74) is 3.07. The SMILES string of the molecule is c1ccc(COc2ccccc2-c2noc(CSC3=NCN(Cc4cccnc4)CN3)n2)cc1. The summed E-state index contributed by atoms with van der Waals surface area (Å²) >= 11 is 1.55. The van der Waals surface area contributed by atoms with Crippen molar-refractivity contribution in [3.05, 3.63) is 96.1 Å². The average molecular weight is 473 g/mol. The van der Waals surface area contributed by atoms with Crippen LogP contribution in [-0.2, 0) is 18.9 Å². The molecule has 0 amide bonds. The summed E-state index contributed by atoms with van der Waals surface area (Å²) in [7, 11) is 0. The van der Waals surface area contributed by atoms with Crippen molar-refractivity contribution < 1.29 is 9.26 Å². The first-order valence-electron chi connectivity index (χ1n) is 10.9. The van der Waals surface area contributed by atoms with Crippen molar-refractivity contribution in [1.82, 2.24) is 25.3 Å². The van der Waals surface area contributed by atoms with Crippen molar-refractivity contribution >= 4 is 16.9 Å². The molecule has 0 unspecified atom stereocenters. The standard InChI is InChI=1S/C25H24N6O2S/c1-2-7-19(8-3-1)15-32-22-11-5-4-10-21(22)24-29-23(33-30-24)16-34-25-27-17-31(18-28-25)14-20-9-6-12-26-13-20/h1-13H,14-18H2,(H,27,28). The lowest BCUT2D eigenvalue weighted by Crippen LogP contribution is -2.41. The molecular formula is C25H24N6O2S. The van der Waals surface area contributed by atoms with E-state index < -0.39 is 0 Å². The molecule has 0 saturated heterocycles. The van der Waals surface area contributed by atoms with E-state index in [1.54, 1.807) is 18.0 Å². The summed E-state index contributed by atoms with van der Waals surface area (Å²) in [5.74, 6) is 2.31. The molecule has 0 aliphatic carbocycles. The average Bonchev–Trinajstić information content (AvgIpc) is 3.37. The highest BCUT2D eigenvalue weighted by atomic mass is 32.2. The Morgan fingerprint density at radius 1 is 1.00 bits per heavy atom. The molecule has 1 aliphatic heterocycles. The van der Waals surface area contributed by atoms with Crippen LogP contribution < -0.4 is 10.1 Å². The number of ether oxygens (including phenoxy) is 1. The van der Waals surface area contributed by atoms with Crippen LogP contribution in [0.25, 0.3) is 11.4 Å². The highest BCUT2D eigenvalue weighted by molar-refractivity contribution is 8.13. The molecule has 0 bridgehead atoms. The maximum atomic E-state index is 6.03. The fraction of sp³-hybridized carbons (Fsp3) is 0.200. The summed E-state index contributed by atoms with van der Waals surface area (Å²) in [5, 5.41) is 8.39. The van der Waals surface area contributed by atoms with Gasteiger partial charge < -0.3 is 14.6 Å². The molecule has 3 heterocycles. The van der Waals surface area contributed by atoms with Crippen LogP contribution >= 0.6 is 11.8 Å². The fourth-order valence-corrected chi connectivity index (χ4v) is 4.16. The molecule has 0 radical (unpaired) electrons. The number of aromatic nitrogens is 3. The van der Waals surface area contributed by atoms with Crippen LogP contribution in [0.4, 0.5) is 0 Å². The molecule has 1 N–H and O–H groups in total. The molecule has 172 valence electrons. The van der Waals surface area contributed by atoms with Gasteiger partial charge in [0.15, 0.2) is 5.17 Å². The quantitative estimate of drug-likeness (QED) is 0.406. The van der Waals surface area contributed by atoms with Gasteiger partial charge in [-0.1, -0.05) is 65.4 Å². The number of benzene rings is 2. The van der Waals surface area contributed by atoms with Gasteiger partial charge in [0.05, 0.1) is 24.7 Å². The molecule has 0 spiro atoms. The monoisotopic (exact) mass is 472 g/mol. The molecule has 0 saturated carbocycles. The lowest BCUT2D eigenvalue weighted by Gasteiger charge is -2.26. The Morgan fingerprint density at radius 3 is 2.68 bits per heavy atom. The van der Waals surface area contributed by atoms with Crippen molar-refractivity contribution in [2.45, 2.75) is 18.9 Å². The van der Waals surface area contributed by atoms with E-state index in [0.717, 1.165) is 35.3 Å². The van der Waals surface area contributed by atoms with Gasteiger partial charge in [0, 0.05) is 18.9 Å². The van der Waals surface area contributed by atoms with Crippen molar-refractivity contribution in [1.29, 1.82) is 0 Å². The molecule has 2 aromatic carbocycles. The van der Waals surface area contributed by atoms with Crippen LogP contribution in [0.5, 0.6) is 5.75 Å². The third-order valence-electron chi connectivity index (χ3n) is 5.16. The largest absolute Gasteiger partial charge is 0.488 e. The van der Waals surface area contributed by atoms with Gasteiger partial charge in [-0.25, -0.2) is 4.99 Å². The Kier molecular flexibility index (Phi) is 7.13. The molecule has 8 nitrogen and oxygen atoms in total. The van der Waals surface area contributed by atoms with E-state index in [-0.39, 0.29) is 0 Å². The Balaban J connectivity index is 1.16. The van der Waals surface area contributed by atoms with Crippen molar-refractivity contribution in [2.75, 3.05) is 13.3 Å². The Labute approximate surface area is 202 Å². The van der Waals surface area contributed by atoms with Gasteiger partial charge in [-0.2, -0.15) is 4.98 Å². The third-order valence-corrected chi connectivity index (χ3v) is 6.10. The molecule has 4 aromatic rings. The fourth-order valence-electron chi connectivity index (χ4n) is 3.47. The zero-order chi connectivity index (χ0) is 23.0. The van der Waals surface area contributed by atoms with Gasteiger partial charge in [-0.3, -0.25) is 9.88 Å². The van der Waals surface area contributed by atoms with E-state index in [1.165, 1.54) is 5.56 Å². The molecule has 1 aliphatic rings. The van der Waals surface area contributed by atoms with Crippen molar-refractivity contribution in [2.24, 2.45) is 4.99 Å². The van der Waals surface area contributed by atoms with Crippen LogP contribution in [0.3, 0.4) is 0 Å². The maximum absolute atomic E-state index is 6.03. The maximum Gasteiger partial charge on any atom is 0.237 e. The van der Waals surface area contributed by atoms with E-state index in [0.29, 0.717) is 30.7 Å². The number of pyridine rings is 1. The van der Waals surface area contributed by atoms with E-state index in [2.05, 4.69) is 36.4 Å². The number of amidine groups is 1. The van der Waals surface area contributed by atoms with E-state index in [9.17, 15) is 0 Å². The second kappa shape index (κ2) is 11.0. The number of thioether (sulfide) groups is 1. The zero-order valence-electron chi connectivity index (χ0n) is 18.5. The second-order valence-electron chi connectivity index (χ2n) is 7.70. The number of hydrogen-bond acceptors (Lipinski definition) is 9. The molecular weight excluding hydrogens is 448 g/mol. The third kappa shape index (κ3) is 5.81. The minimum absolute atomic E-state index is 0.474. The summed E-state index contributed by atoms with van der Waals surface area (Å²) in [4.78, 5) is 15.6. The summed E-state index contributed by atoms with van der Waals surface area (Å²) < 4.78 is 11.5. The minimum Gasteiger partial charge on any atom is -0.488 e. The first kappa shape index (κ1) is 22.1. The summed E-state index contributed by atoms with van der Waals surface area (Å²) in [6, 6.07) is 21.8. The summed E-state index contributed by atoms with van der Waals surface area (Å²) in [6.45, 7) is 2.64. The number of rotatable bonds is 8. The first-order valence-corrected chi connectivity index (χ1v) is 11.9. The van der Waals surface area contributed by atoms with E-state index in [4.69, 9.17) is 9.26 Å². The zero-order valence-corrected chi connectivity index (χ0v) is 19.3. The van der Waals surface area contributed by atoms with Crippen molar-refractivity contribution in [3.8, 4) is 17.1 Å². The summed E-state index contributed by atoms with van der Waals surface area (Å²) in [6.07, 6.45) is 3.66. The highest BCUT2D eigenvalue weighted by Gasteiger charge is 2.16. The minimum atomic E-state index is 0.474. The van der Waals surface area contributed by atoms with Gasteiger partial charge in [0.2, 0.25) is 11.7 Å². The smallest absolute Gasteiger partial charge is 0.237 e. The van der Waals surface area contributed by atoms with Crippen molar-refractivity contribution in [3.63, 3.8) is 0 Å². The highest BCUT2D eigenvalue weighted by Crippen LogP contribution is 2.29. The normalized spacial score (nSPS) is 13.8. The van der Waals surface area contributed by atoms with Gasteiger partial charge >= 0.3 is 0 Å². The predicted octanol–water partition coefficient (Wildman–Crippen LogP) is 4.32. The molecule has 9 heteroatoms. The predicted molar refractivity (Wildman–Crippen MR) is 132 cm³/mol. The van der Waals surface area contributed by atoms with Crippen LogP contribution in [0.2, 0.25) is 0 Å². The van der Waals surface area contributed by atoms with Crippen LogP contribution in [0.1, 0.15) is 17.0 Å². The lowest BCUT2D eigenvalue weighted by molar-refractivity contribution is 0.258. The van der Waals surface area contributed by atoms with E-state index >= 15 is 0 Å². The number of para-hydroxylation sites is 1. The van der Waals surface area contributed by atoms with Gasteiger partial charge in [-0.15, -0.1) is 0 Å². The van der Waals surface area contributed by atoms with Gasteiger partial charge in [0.25, 0.3) is 0 Å². The molecule has 0 fully saturated rings. The Morgan fingerprint density at radius 2 is 1.85 bits per heavy atom.